The minimum absolute atomic E-state index is 0.137. The summed E-state index contributed by atoms with van der Waals surface area (Å²) < 4.78 is 10.6. The summed E-state index contributed by atoms with van der Waals surface area (Å²) >= 11 is 0. The maximum Gasteiger partial charge on any atom is 0.322 e. The first kappa shape index (κ1) is 12.8. The summed E-state index contributed by atoms with van der Waals surface area (Å²) in [6.07, 6.45) is 0.137. The van der Waals surface area contributed by atoms with Gasteiger partial charge >= 0.3 is 6.01 Å². The van der Waals surface area contributed by atoms with E-state index in [0.717, 1.165) is 6.54 Å². The molecule has 0 bridgehead atoms. The molecule has 2 heterocycles. The predicted molar refractivity (Wildman–Crippen MR) is 66.4 cm³/mol. The van der Waals surface area contributed by atoms with Crippen molar-refractivity contribution in [2.75, 3.05) is 30.6 Å². The number of hydrazine groups is 1. The van der Waals surface area contributed by atoms with E-state index >= 15 is 0 Å². The first-order chi connectivity index (χ1) is 8.63. The summed E-state index contributed by atoms with van der Waals surface area (Å²) in [5, 5.41) is 0. The minimum Gasteiger partial charge on any atom is -0.467 e. The van der Waals surface area contributed by atoms with Crippen molar-refractivity contribution in [3.63, 3.8) is 0 Å². The monoisotopic (exact) mass is 254 g/mol. The van der Waals surface area contributed by atoms with Crippen LogP contribution in [-0.4, -0.2) is 47.4 Å². The summed E-state index contributed by atoms with van der Waals surface area (Å²) in [6.45, 7) is 5.43. The van der Waals surface area contributed by atoms with Crippen molar-refractivity contribution < 1.29 is 9.47 Å². The molecule has 2 atom stereocenters. The molecular weight excluding hydrogens is 236 g/mol. The number of nitrogens with one attached hydrogen (secondary N) is 1. The molecule has 0 spiro atoms. The number of morpholine rings is 1. The molecule has 1 fully saturated rings. The van der Waals surface area contributed by atoms with E-state index in [1.54, 1.807) is 0 Å². The quantitative estimate of drug-likeness (QED) is 0.564. The first-order valence-electron chi connectivity index (χ1n) is 5.79. The fourth-order valence-corrected chi connectivity index (χ4v) is 1.81. The lowest BCUT2D eigenvalue weighted by atomic mass is 10.2. The molecule has 0 radical (unpaired) electrons. The van der Waals surface area contributed by atoms with E-state index in [4.69, 9.17) is 15.3 Å². The Labute approximate surface area is 105 Å². The third kappa shape index (κ3) is 2.59. The molecule has 18 heavy (non-hydrogen) atoms. The molecule has 1 aliphatic rings. The lowest BCUT2D eigenvalue weighted by molar-refractivity contribution is 0.0336. The fraction of sp³-hybridized carbons (Fsp3) is 0.700. The SMILES string of the molecule is COc1nc(NN)nc(N2CC(C)OCC2C)n1. The van der Waals surface area contributed by atoms with E-state index in [9.17, 15) is 0 Å². The van der Waals surface area contributed by atoms with Gasteiger partial charge in [0.2, 0.25) is 11.9 Å². The van der Waals surface area contributed by atoms with Gasteiger partial charge in [-0.15, -0.1) is 0 Å². The van der Waals surface area contributed by atoms with Gasteiger partial charge in [-0.05, 0) is 13.8 Å². The summed E-state index contributed by atoms with van der Waals surface area (Å²) in [4.78, 5) is 14.5. The summed E-state index contributed by atoms with van der Waals surface area (Å²) in [7, 11) is 1.50. The highest BCUT2D eigenvalue weighted by atomic mass is 16.5. The zero-order chi connectivity index (χ0) is 13.1. The Balaban J connectivity index is 2.30. The first-order valence-corrected chi connectivity index (χ1v) is 5.79. The number of rotatable bonds is 3. The fourth-order valence-electron chi connectivity index (χ4n) is 1.81. The van der Waals surface area contributed by atoms with Crippen LogP contribution in [0.2, 0.25) is 0 Å². The van der Waals surface area contributed by atoms with Crippen molar-refractivity contribution in [3.05, 3.63) is 0 Å². The van der Waals surface area contributed by atoms with Crippen LogP contribution in [0.15, 0.2) is 0 Å². The van der Waals surface area contributed by atoms with Crippen molar-refractivity contribution >= 4 is 11.9 Å². The summed E-state index contributed by atoms with van der Waals surface area (Å²) in [6, 6.07) is 0.429. The molecule has 2 unspecified atom stereocenters. The normalized spacial score (nSPS) is 23.9. The van der Waals surface area contributed by atoms with Crippen LogP contribution >= 0.6 is 0 Å². The molecule has 2 rings (SSSR count). The molecule has 0 amide bonds. The van der Waals surface area contributed by atoms with Gasteiger partial charge in [-0.3, -0.25) is 5.43 Å². The number of nitrogens with two attached hydrogens (primary N) is 1. The number of ether oxygens (including phenoxy) is 2. The maximum atomic E-state index is 5.57. The third-order valence-corrected chi connectivity index (χ3v) is 2.78. The second-order valence-corrected chi connectivity index (χ2v) is 4.24. The lowest BCUT2D eigenvalue weighted by Gasteiger charge is -2.36. The number of hydrogen-bond donors (Lipinski definition) is 2. The molecule has 3 N–H and O–H groups in total. The predicted octanol–water partition coefficient (Wildman–Crippen LogP) is -0.221. The van der Waals surface area contributed by atoms with Crippen LogP contribution < -0.4 is 20.9 Å². The number of nitrogen functional groups attached to an aromatic ring is 1. The number of nitrogens with zero attached hydrogens (tertiary/aromatic N) is 4. The molecule has 0 aliphatic carbocycles. The van der Waals surface area contributed by atoms with Crippen LogP contribution in [0.3, 0.4) is 0 Å². The standard InChI is InChI=1S/C10H18N6O2/c1-6-5-18-7(2)4-16(6)9-12-8(15-11)13-10(14-9)17-3/h6-7H,4-5,11H2,1-3H3,(H,12,13,14,15). The van der Waals surface area contributed by atoms with Crippen LogP contribution in [0.4, 0.5) is 11.9 Å². The second-order valence-electron chi connectivity index (χ2n) is 4.24. The Morgan fingerprint density at radius 1 is 1.39 bits per heavy atom. The number of hydrogen-bond acceptors (Lipinski definition) is 8. The number of methoxy groups -OCH3 is 1. The molecule has 8 nitrogen and oxygen atoms in total. The Hall–Kier alpha value is -1.67. The van der Waals surface area contributed by atoms with Crippen LogP contribution in [0.1, 0.15) is 13.8 Å². The molecule has 1 aromatic rings. The summed E-state index contributed by atoms with van der Waals surface area (Å²) in [5.74, 6) is 6.15. The third-order valence-electron chi connectivity index (χ3n) is 2.78. The van der Waals surface area contributed by atoms with Gasteiger partial charge in [-0.25, -0.2) is 5.84 Å². The number of aromatic nitrogens is 3. The van der Waals surface area contributed by atoms with E-state index in [-0.39, 0.29) is 24.1 Å². The average Bonchev–Trinajstić information content (AvgIpc) is 2.40. The minimum atomic E-state index is 0.137. The topological polar surface area (TPSA) is 98.4 Å². The zero-order valence-electron chi connectivity index (χ0n) is 10.8. The van der Waals surface area contributed by atoms with Crippen molar-refractivity contribution in [2.24, 2.45) is 5.84 Å². The number of anilines is 2. The van der Waals surface area contributed by atoms with E-state index in [2.05, 4.69) is 32.2 Å². The molecule has 1 aliphatic heterocycles. The zero-order valence-corrected chi connectivity index (χ0v) is 10.8. The Morgan fingerprint density at radius 3 is 2.83 bits per heavy atom. The molecule has 0 saturated carbocycles. The van der Waals surface area contributed by atoms with Gasteiger partial charge in [0.15, 0.2) is 0 Å². The molecular formula is C10H18N6O2. The van der Waals surface area contributed by atoms with E-state index in [0.29, 0.717) is 12.6 Å². The molecule has 1 aromatic heterocycles. The Bertz CT molecular complexity index is 393. The van der Waals surface area contributed by atoms with Crippen LogP contribution in [0, 0.1) is 0 Å². The van der Waals surface area contributed by atoms with Gasteiger partial charge in [0.25, 0.3) is 0 Å². The van der Waals surface area contributed by atoms with E-state index in [1.165, 1.54) is 7.11 Å². The Kier molecular flexibility index (Phi) is 3.78. The van der Waals surface area contributed by atoms with Crippen molar-refractivity contribution in [3.8, 4) is 6.01 Å². The molecule has 100 valence electrons. The van der Waals surface area contributed by atoms with E-state index in [1.807, 2.05) is 6.92 Å². The van der Waals surface area contributed by atoms with Crippen LogP contribution in [-0.2, 0) is 4.74 Å². The van der Waals surface area contributed by atoms with Gasteiger partial charge in [-0.2, -0.15) is 15.0 Å². The van der Waals surface area contributed by atoms with Gasteiger partial charge in [0.05, 0.1) is 25.9 Å². The smallest absolute Gasteiger partial charge is 0.322 e. The van der Waals surface area contributed by atoms with Crippen molar-refractivity contribution in [2.45, 2.75) is 26.0 Å². The Morgan fingerprint density at radius 2 is 2.17 bits per heavy atom. The summed E-state index contributed by atoms with van der Waals surface area (Å²) in [5.41, 5.74) is 2.41. The van der Waals surface area contributed by atoms with Gasteiger partial charge in [0, 0.05) is 6.54 Å². The second kappa shape index (κ2) is 5.32. The average molecular weight is 254 g/mol. The highest BCUT2D eigenvalue weighted by Crippen LogP contribution is 2.20. The maximum absolute atomic E-state index is 5.57. The molecule has 1 saturated heterocycles. The van der Waals surface area contributed by atoms with Gasteiger partial charge in [-0.1, -0.05) is 0 Å². The van der Waals surface area contributed by atoms with Gasteiger partial charge < -0.3 is 14.4 Å². The highest BCUT2D eigenvalue weighted by Gasteiger charge is 2.26. The lowest BCUT2D eigenvalue weighted by Crippen LogP contribution is -2.48. The van der Waals surface area contributed by atoms with Crippen molar-refractivity contribution in [1.29, 1.82) is 0 Å². The highest BCUT2D eigenvalue weighted by molar-refractivity contribution is 5.39. The van der Waals surface area contributed by atoms with Crippen molar-refractivity contribution in [1.82, 2.24) is 15.0 Å². The largest absolute Gasteiger partial charge is 0.467 e. The van der Waals surface area contributed by atoms with Gasteiger partial charge in [0.1, 0.15) is 0 Å². The molecule has 0 aromatic carbocycles. The molecule has 8 heteroatoms. The van der Waals surface area contributed by atoms with Crippen LogP contribution in [0.25, 0.3) is 0 Å². The van der Waals surface area contributed by atoms with E-state index < -0.39 is 0 Å². The van der Waals surface area contributed by atoms with Crippen LogP contribution in [0.5, 0.6) is 6.01 Å².